The SMILES string of the molecule is CC(C)(C)OC(=O)N1CCC(NC(=O)c2cnc(-c3cccc(Cn4nc(-c5cc(F)c(F)c(F)c5)ccc4=O)c3)nc2)CC1. The highest BCUT2D eigenvalue weighted by Gasteiger charge is 2.27. The van der Waals surface area contributed by atoms with Crippen molar-refractivity contribution < 1.29 is 27.5 Å². The lowest BCUT2D eigenvalue weighted by Gasteiger charge is -2.33. The van der Waals surface area contributed by atoms with Gasteiger partial charge in [0.1, 0.15) is 5.60 Å². The summed E-state index contributed by atoms with van der Waals surface area (Å²) in [6.45, 7) is 6.42. The summed E-state index contributed by atoms with van der Waals surface area (Å²) in [6, 6.07) is 11.1. The van der Waals surface area contributed by atoms with Crippen molar-refractivity contribution in [1.82, 2.24) is 30.0 Å². The Labute approximate surface area is 256 Å². The third-order valence-electron chi connectivity index (χ3n) is 7.06. The van der Waals surface area contributed by atoms with E-state index in [1.54, 1.807) is 29.2 Å². The van der Waals surface area contributed by atoms with Gasteiger partial charge in [0.25, 0.3) is 11.5 Å². The Kier molecular flexibility index (Phi) is 8.98. The minimum atomic E-state index is -1.59. The van der Waals surface area contributed by atoms with Crippen LogP contribution in [0.1, 0.15) is 49.5 Å². The van der Waals surface area contributed by atoms with Gasteiger partial charge in [0.15, 0.2) is 23.3 Å². The molecule has 2 aromatic heterocycles. The molecule has 1 fully saturated rings. The number of hydrogen-bond donors (Lipinski definition) is 1. The minimum Gasteiger partial charge on any atom is -0.444 e. The predicted octanol–water partition coefficient (Wildman–Crippen LogP) is 4.96. The number of piperidine rings is 1. The zero-order valence-electron chi connectivity index (χ0n) is 24.9. The second kappa shape index (κ2) is 12.9. The van der Waals surface area contributed by atoms with Gasteiger partial charge in [-0.25, -0.2) is 32.6 Å². The number of halogens is 3. The molecule has 4 aromatic rings. The maximum Gasteiger partial charge on any atom is 0.410 e. The maximum absolute atomic E-state index is 13.8. The molecule has 1 N–H and O–H groups in total. The van der Waals surface area contributed by atoms with E-state index in [9.17, 15) is 27.6 Å². The molecule has 5 rings (SSSR count). The van der Waals surface area contributed by atoms with Crippen LogP contribution in [-0.2, 0) is 11.3 Å². The summed E-state index contributed by atoms with van der Waals surface area (Å²) >= 11 is 0. The van der Waals surface area contributed by atoms with Gasteiger partial charge in [-0.15, -0.1) is 0 Å². The standard InChI is InChI=1S/C32H31F3N6O4/c1-32(2,3)45-31(44)40-11-9-23(10-12-40)38-30(43)22-16-36-29(37-17-22)20-6-4-5-19(13-20)18-41-27(42)8-7-26(39-41)21-14-24(33)28(35)25(34)15-21/h4-8,13-17,23H,9-12,18H2,1-3H3,(H,38,43). The minimum absolute atomic E-state index is 0.0160. The van der Waals surface area contributed by atoms with E-state index in [0.717, 1.165) is 16.8 Å². The Morgan fingerprint density at radius 1 is 0.956 bits per heavy atom. The topological polar surface area (TPSA) is 119 Å². The highest BCUT2D eigenvalue weighted by atomic mass is 19.2. The van der Waals surface area contributed by atoms with Crippen molar-refractivity contribution in [3.8, 4) is 22.6 Å². The van der Waals surface area contributed by atoms with Gasteiger partial charge in [0.2, 0.25) is 0 Å². The fourth-order valence-electron chi connectivity index (χ4n) is 4.80. The van der Waals surface area contributed by atoms with Crippen molar-refractivity contribution in [1.29, 1.82) is 0 Å². The van der Waals surface area contributed by atoms with E-state index < -0.39 is 28.6 Å². The molecule has 10 nitrogen and oxygen atoms in total. The smallest absolute Gasteiger partial charge is 0.410 e. The highest BCUT2D eigenvalue weighted by molar-refractivity contribution is 5.94. The summed E-state index contributed by atoms with van der Waals surface area (Å²) in [5.74, 6) is -4.28. The Morgan fingerprint density at radius 2 is 1.62 bits per heavy atom. The van der Waals surface area contributed by atoms with E-state index in [1.165, 1.54) is 24.5 Å². The van der Waals surface area contributed by atoms with Crippen LogP contribution in [0.4, 0.5) is 18.0 Å². The summed E-state index contributed by atoms with van der Waals surface area (Å²) < 4.78 is 47.4. The van der Waals surface area contributed by atoms with Crippen LogP contribution in [0.15, 0.2) is 65.7 Å². The first-order chi connectivity index (χ1) is 21.4. The summed E-state index contributed by atoms with van der Waals surface area (Å²) in [7, 11) is 0. The molecule has 0 radical (unpaired) electrons. The van der Waals surface area contributed by atoms with Crippen molar-refractivity contribution in [2.45, 2.75) is 51.8 Å². The lowest BCUT2D eigenvalue weighted by atomic mass is 10.0. The number of nitrogens with zero attached hydrogens (tertiary/aromatic N) is 5. The van der Waals surface area contributed by atoms with Crippen LogP contribution in [-0.4, -0.2) is 61.4 Å². The molecule has 1 aliphatic heterocycles. The average molecular weight is 621 g/mol. The summed E-state index contributed by atoms with van der Waals surface area (Å²) in [5.41, 5.74) is 0.627. The number of ether oxygens (including phenoxy) is 1. The van der Waals surface area contributed by atoms with E-state index in [1.807, 2.05) is 20.8 Å². The molecule has 0 spiro atoms. The molecule has 13 heteroatoms. The number of aromatic nitrogens is 4. The Balaban J connectivity index is 1.22. The number of hydrogen-bond acceptors (Lipinski definition) is 7. The first-order valence-corrected chi connectivity index (χ1v) is 14.3. The summed E-state index contributed by atoms with van der Waals surface area (Å²) in [6.07, 6.45) is 3.67. The fraction of sp³-hybridized carbons (Fsp3) is 0.312. The van der Waals surface area contributed by atoms with E-state index in [2.05, 4.69) is 20.4 Å². The Morgan fingerprint density at radius 3 is 2.27 bits per heavy atom. The summed E-state index contributed by atoms with van der Waals surface area (Å²) in [4.78, 5) is 48.0. The van der Waals surface area contributed by atoms with Crippen LogP contribution in [0.25, 0.3) is 22.6 Å². The number of likely N-dealkylation sites (tertiary alicyclic amines) is 1. The molecule has 0 saturated carbocycles. The van der Waals surface area contributed by atoms with E-state index in [4.69, 9.17) is 4.74 Å². The molecule has 1 aliphatic rings. The monoisotopic (exact) mass is 620 g/mol. The number of carbonyl (C=O) groups excluding carboxylic acids is 2. The van der Waals surface area contributed by atoms with Crippen LogP contribution in [0.2, 0.25) is 0 Å². The zero-order chi connectivity index (χ0) is 32.3. The molecule has 0 bridgehead atoms. The lowest BCUT2D eigenvalue weighted by molar-refractivity contribution is 0.0199. The first kappa shape index (κ1) is 31.4. The van der Waals surface area contributed by atoms with E-state index in [0.29, 0.717) is 42.9 Å². The third-order valence-corrected chi connectivity index (χ3v) is 7.06. The largest absolute Gasteiger partial charge is 0.444 e. The Hall–Kier alpha value is -5.07. The van der Waals surface area contributed by atoms with Crippen LogP contribution in [0.5, 0.6) is 0 Å². The van der Waals surface area contributed by atoms with Gasteiger partial charge in [-0.1, -0.05) is 18.2 Å². The number of rotatable bonds is 6. The van der Waals surface area contributed by atoms with Crippen LogP contribution in [0, 0.1) is 17.5 Å². The van der Waals surface area contributed by atoms with Gasteiger partial charge in [0, 0.05) is 48.7 Å². The molecule has 1 saturated heterocycles. The zero-order valence-corrected chi connectivity index (χ0v) is 24.9. The van der Waals surface area contributed by atoms with Gasteiger partial charge >= 0.3 is 6.09 Å². The van der Waals surface area contributed by atoms with Gasteiger partial charge in [-0.3, -0.25) is 9.59 Å². The number of amides is 2. The molecule has 0 unspecified atom stereocenters. The predicted molar refractivity (Wildman–Crippen MR) is 159 cm³/mol. The molecule has 0 aliphatic carbocycles. The third kappa shape index (κ3) is 7.72. The quantitative estimate of drug-likeness (QED) is 0.303. The molecular formula is C32H31F3N6O4. The van der Waals surface area contributed by atoms with E-state index in [-0.39, 0.29) is 41.4 Å². The fourth-order valence-corrected chi connectivity index (χ4v) is 4.80. The average Bonchev–Trinajstić information content (AvgIpc) is 3.00. The first-order valence-electron chi connectivity index (χ1n) is 14.3. The van der Waals surface area contributed by atoms with Crippen LogP contribution in [0.3, 0.4) is 0 Å². The number of benzene rings is 2. The highest BCUT2D eigenvalue weighted by Crippen LogP contribution is 2.22. The molecule has 0 atom stereocenters. The molecule has 3 heterocycles. The van der Waals surface area contributed by atoms with Crippen molar-refractivity contribution >= 4 is 12.0 Å². The van der Waals surface area contributed by atoms with Crippen LogP contribution < -0.4 is 10.9 Å². The second-order valence-electron chi connectivity index (χ2n) is 11.7. The molecule has 45 heavy (non-hydrogen) atoms. The van der Waals surface area contributed by atoms with Crippen molar-refractivity contribution in [3.63, 3.8) is 0 Å². The van der Waals surface area contributed by atoms with Gasteiger partial charge in [0.05, 0.1) is 17.8 Å². The van der Waals surface area contributed by atoms with Crippen molar-refractivity contribution in [2.24, 2.45) is 0 Å². The molecule has 234 valence electrons. The van der Waals surface area contributed by atoms with Gasteiger partial charge in [-0.2, -0.15) is 5.10 Å². The van der Waals surface area contributed by atoms with Crippen molar-refractivity contribution in [2.75, 3.05) is 13.1 Å². The summed E-state index contributed by atoms with van der Waals surface area (Å²) in [5, 5.41) is 7.18. The van der Waals surface area contributed by atoms with Crippen LogP contribution >= 0.6 is 0 Å². The molecule has 2 aromatic carbocycles. The molecule has 2 amide bonds. The second-order valence-corrected chi connectivity index (χ2v) is 11.7. The maximum atomic E-state index is 13.8. The van der Waals surface area contributed by atoms with Gasteiger partial charge in [-0.05, 0) is 63.4 Å². The van der Waals surface area contributed by atoms with Gasteiger partial charge < -0.3 is 15.0 Å². The Bertz CT molecular complexity index is 1760. The lowest BCUT2D eigenvalue weighted by Crippen LogP contribution is -2.47. The van der Waals surface area contributed by atoms with E-state index >= 15 is 0 Å². The molecular weight excluding hydrogens is 589 g/mol. The number of carbonyl (C=O) groups is 2. The normalized spacial score (nSPS) is 13.9. The van der Waals surface area contributed by atoms with Crippen molar-refractivity contribution in [3.05, 3.63) is 99.9 Å². The number of nitrogens with one attached hydrogen (secondary N) is 1.